The largest absolute Gasteiger partial charge is 0.465 e. The summed E-state index contributed by atoms with van der Waals surface area (Å²) in [6, 6.07) is 5.40. The Balaban J connectivity index is 3.34. The van der Waals surface area contributed by atoms with Crippen molar-refractivity contribution in [2.45, 2.75) is 13.8 Å². The highest BCUT2D eigenvalue weighted by Crippen LogP contribution is 2.17. The van der Waals surface area contributed by atoms with Gasteiger partial charge in [-0.1, -0.05) is 0 Å². The molecule has 0 spiro atoms. The normalized spacial score (nSPS) is 9.29. The van der Waals surface area contributed by atoms with Crippen LogP contribution >= 0.6 is 0 Å². The second-order valence-electron chi connectivity index (χ2n) is 3.09. The molecule has 3 heteroatoms. The predicted molar refractivity (Wildman–Crippen MR) is 52.0 cm³/mol. The van der Waals surface area contributed by atoms with Gasteiger partial charge in [0.15, 0.2) is 0 Å². The molecule has 72 valence electrons. The first kappa shape index (κ1) is 10.3. The molecule has 0 aromatic heterocycles. The fourth-order valence-corrected chi connectivity index (χ4v) is 1.45. The third-order valence-electron chi connectivity index (χ3n) is 2.05. The first-order chi connectivity index (χ1) is 6.60. The molecule has 0 amide bonds. The number of carbonyl (C=O) groups is 1. The molecule has 0 atom stereocenters. The van der Waals surface area contributed by atoms with Crippen LogP contribution in [0.4, 0.5) is 0 Å². The number of hydrogen-bond acceptors (Lipinski definition) is 3. The summed E-state index contributed by atoms with van der Waals surface area (Å²) in [6.45, 7) is 3.58. The van der Waals surface area contributed by atoms with Crippen LogP contribution in [-0.2, 0) is 4.74 Å². The van der Waals surface area contributed by atoms with E-state index in [2.05, 4.69) is 4.74 Å². The fourth-order valence-electron chi connectivity index (χ4n) is 1.45. The standard InChI is InChI=1S/C11H11NO2/c1-7-4-9(6-12)5-8(2)10(7)11(13)14-3/h4-5H,1-3H3. The molecular weight excluding hydrogens is 178 g/mol. The maximum atomic E-state index is 11.3. The van der Waals surface area contributed by atoms with Gasteiger partial charge in [-0.2, -0.15) is 5.26 Å². The molecule has 3 nitrogen and oxygen atoms in total. The van der Waals surface area contributed by atoms with E-state index in [0.717, 1.165) is 11.1 Å². The van der Waals surface area contributed by atoms with Gasteiger partial charge in [-0.3, -0.25) is 0 Å². The molecule has 0 aliphatic carbocycles. The minimum absolute atomic E-state index is 0.357. The van der Waals surface area contributed by atoms with E-state index in [1.807, 2.05) is 6.07 Å². The highest BCUT2D eigenvalue weighted by molar-refractivity contribution is 5.92. The number of aryl methyl sites for hydroxylation is 2. The lowest BCUT2D eigenvalue weighted by molar-refractivity contribution is 0.0599. The van der Waals surface area contributed by atoms with Gasteiger partial charge in [-0.15, -0.1) is 0 Å². The van der Waals surface area contributed by atoms with E-state index >= 15 is 0 Å². The van der Waals surface area contributed by atoms with E-state index in [-0.39, 0.29) is 5.97 Å². The van der Waals surface area contributed by atoms with Crippen LogP contribution in [0.15, 0.2) is 12.1 Å². The third kappa shape index (κ3) is 1.74. The van der Waals surface area contributed by atoms with E-state index in [4.69, 9.17) is 5.26 Å². The average molecular weight is 189 g/mol. The Kier molecular flexibility index (Phi) is 2.88. The summed E-state index contributed by atoms with van der Waals surface area (Å²) in [6.07, 6.45) is 0. The first-order valence-corrected chi connectivity index (χ1v) is 4.19. The van der Waals surface area contributed by atoms with Crippen LogP contribution in [-0.4, -0.2) is 13.1 Å². The zero-order chi connectivity index (χ0) is 10.7. The van der Waals surface area contributed by atoms with Crippen molar-refractivity contribution in [1.29, 1.82) is 5.26 Å². The van der Waals surface area contributed by atoms with Crippen LogP contribution in [0.25, 0.3) is 0 Å². The summed E-state index contributed by atoms with van der Waals surface area (Å²) < 4.78 is 4.65. The summed E-state index contributed by atoms with van der Waals surface area (Å²) in [5, 5.41) is 8.71. The highest BCUT2D eigenvalue weighted by Gasteiger charge is 2.13. The van der Waals surface area contributed by atoms with Gasteiger partial charge in [0.1, 0.15) is 0 Å². The molecule has 0 aliphatic rings. The van der Waals surface area contributed by atoms with Gasteiger partial charge in [0.05, 0.1) is 24.3 Å². The molecule has 1 rings (SSSR count). The lowest BCUT2D eigenvalue weighted by Crippen LogP contribution is -2.06. The molecule has 0 saturated heterocycles. The molecule has 1 aromatic carbocycles. The van der Waals surface area contributed by atoms with Gasteiger partial charge in [0, 0.05) is 0 Å². The van der Waals surface area contributed by atoms with Crippen molar-refractivity contribution in [3.05, 3.63) is 34.4 Å². The van der Waals surface area contributed by atoms with Gasteiger partial charge in [-0.05, 0) is 37.1 Å². The number of nitrogens with zero attached hydrogens (tertiary/aromatic N) is 1. The molecular formula is C11H11NO2. The van der Waals surface area contributed by atoms with Gasteiger partial charge in [-0.25, -0.2) is 4.79 Å². The van der Waals surface area contributed by atoms with Crippen molar-refractivity contribution in [3.63, 3.8) is 0 Å². The monoisotopic (exact) mass is 189 g/mol. The average Bonchev–Trinajstić information content (AvgIpc) is 2.16. The highest BCUT2D eigenvalue weighted by atomic mass is 16.5. The second-order valence-corrected chi connectivity index (χ2v) is 3.09. The lowest BCUT2D eigenvalue weighted by Gasteiger charge is -2.07. The Bertz CT molecular complexity index is 393. The van der Waals surface area contributed by atoms with Gasteiger partial charge >= 0.3 is 5.97 Å². The number of methoxy groups -OCH3 is 1. The van der Waals surface area contributed by atoms with Gasteiger partial charge in [0.25, 0.3) is 0 Å². The Morgan fingerprint density at radius 3 is 2.21 bits per heavy atom. The molecule has 0 N–H and O–H groups in total. The molecule has 1 aromatic rings. The van der Waals surface area contributed by atoms with E-state index in [1.165, 1.54) is 7.11 Å². The molecule has 0 heterocycles. The Hall–Kier alpha value is -1.82. The number of hydrogen-bond donors (Lipinski definition) is 0. The van der Waals surface area contributed by atoms with E-state index in [0.29, 0.717) is 11.1 Å². The van der Waals surface area contributed by atoms with Crippen LogP contribution < -0.4 is 0 Å². The van der Waals surface area contributed by atoms with Crippen molar-refractivity contribution in [2.75, 3.05) is 7.11 Å². The Labute approximate surface area is 82.9 Å². The van der Waals surface area contributed by atoms with E-state index < -0.39 is 0 Å². The van der Waals surface area contributed by atoms with Crippen molar-refractivity contribution >= 4 is 5.97 Å². The minimum Gasteiger partial charge on any atom is -0.465 e. The molecule has 0 fully saturated rings. The van der Waals surface area contributed by atoms with Crippen LogP contribution in [0.2, 0.25) is 0 Å². The molecule has 0 bridgehead atoms. The maximum Gasteiger partial charge on any atom is 0.338 e. The smallest absolute Gasteiger partial charge is 0.338 e. The van der Waals surface area contributed by atoms with Crippen LogP contribution in [0, 0.1) is 25.2 Å². The zero-order valence-electron chi connectivity index (χ0n) is 8.42. The summed E-state index contributed by atoms with van der Waals surface area (Å²) in [7, 11) is 1.35. The molecule has 14 heavy (non-hydrogen) atoms. The third-order valence-corrected chi connectivity index (χ3v) is 2.05. The quantitative estimate of drug-likeness (QED) is 0.634. The lowest BCUT2D eigenvalue weighted by atomic mass is 10.00. The summed E-state index contributed by atoms with van der Waals surface area (Å²) in [5.74, 6) is -0.357. The Morgan fingerprint density at radius 2 is 1.86 bits per heavy atom. The van der Waals surface area contributed by atoms with Gasteiger partial charge in [0.2, 0.25) is 0 Å². The molecule has 0 saturated carbocycles. The van der Waals surface area contributed by atoms with Crippen molar-refractivity contribution in [3.8, 4) is 6.07 Å². The molecule has 0 unspecified atom stereocenters. The molecule has 0 radical (unpaired) electrons. The SMILES string of the molecule is COC(=O)c1c(C)cc(C#N)cc1C. The van der Waals surface area contributed by atoms with Crippen molar-refractivity contribution in [1.82, 2.24) is 0 Å². The number of carbonyl (C=O) groups excluding carboxylic acids is 1. The van der Waals surface area contributed by atoms with Crippen LogP contribution in [0.5, 0.6) is 0 Å². The van der Waals surface area contributed by atoms with E-state index in [9.17, 15) is 4.79 Å². The summed E-state index contributed by atoms with van der Waals surface area (Å²) in [4.78, 5) is 11.3. The van der Waals surface area contributed by atoms with Crippen molar-refractivity contribution in [2.24, 2.45) is 0 Å². The topological polar surface area (TPSA) is 50.1 Å². The maximum absolute atomic E-state index is 11.3. The zero-order valence-corrected chi connectivity index (χ0v) is 8.42. The van der Waals surface area contributed by atoms with Gasteiger partial charge < -0.3 is 4.74 Å². The number of rotatable bonds is 1. The summed E-state index contributed by atoms with van der Waals surface area (Å²) >= 11 is 0. The van der Waals surface area contributed by atoms with Crippen molar-refractivity contribution < 1.29 is 9.53 Å². The second kappa shape index (κ2) is 3.93. The summed E-state index contributed by atoms with van der Waals surface area (Å²) in [5.41, 5.74) is 2.65. The minimum atomic E-state index is -0.357. The predicted octanol–water partition coefficient (Wildman–Crippen LogP) is 1.96. The number of benzene rings is 1. The number of nitriles is 1. The number of esters is 1. The number of ether oxygens (including phenoxy) is 1. The fraction of sp³-hybridized carbons (Fsp3) is 0.273. The van der Waals surface area contributed by atoms with E-state index in [1.54, 1.807) is 26.0 Å². The first-order valence-electron chi connectivity index (χ1n) is 4.19. The molecule has 0 aliphatic heterocycles. The van der Waals surface area contributed by atoms with Crippen LogP contribution in [0.3, 0.4) is 0 Å². The van der Waals surface area contributed by atoms with Crippen LogP contribution in [0.1, 0.15) is 27.0 Å². The Morgan fingerprint density at radius 1 is 1.36 bits per heavy atom.